The van der Waals surface area contributed by atoms with Gasteiger partial charge in [0.25, 0.3) is 0 Å². The molecule has 2 atom stereocenters. The Labute approximate surface area is 73.7 Å². The number of rotatable bonds is 6. The van der Waals surface area contributed by atoms with Crippen molar-refractivity contribution in [2.75, 3.05) is 6.61 Å². The molecule has 0 bridgehead atoms. The molecule has 1 N–H and O–H groups in total. The molecule has 2 unspecified atom stereocenters. The van der Waals surface area contributed by atoms with E-state index in [0.29, 0.717) is 6.61 Å². The van der Waals surface area contributed by atoms with Crippen LogP contribution in [0.4, 0.5) is 0 Å². The van der Waals surface area contributed by atoms with E-state index in [0.717, 1.165) is 19.3 Å². The first kappa shape index (κ1) is 11.2. The van der Waals surface area contributed by atoms with E-state index >= 15 is 0 Å². The highest BCUT2D eigenvalue weighted by Gasteiger charge is 2.16. The molecule has 0 aromatic heterocycles. The van der Waals surface area contributed by atoms with Crippen molar-refractivity contribution in [2.24, 2.45) is 5.92 Å². The van der Waals surface area contributed by atoms with Crippen LogP contribution < -0.4 is 0 Å². The Morgan fingerprint density at radius 2 is 2.09 bits per heavy atom. The lowest BCUT2D eigenvalue weighted by molar-refractivity contribution is 0.0679. The Morgan fingerprint density at radius 1 is 1.45 bits per heavy atom. The number of hydrogen-bond acceptors (Lipinski definition) is 2. The summed E-state index contributed by atoms with van der Waals surface area (Å²) in [5, 5.41) is 9.50. The molecule has 0 saturated carbocycles. The van der Waals surface area contributed by atoms with Gasteiger partial charge in [0.05, 0.1) is 24.6 Å². The Balaban J connectivity index is 3.61. The fourth-order valence-electron chi connectivity index (χ4n) is 1.11. The number of aliphatic hydroxyl groups is 1. The lowest BCUT2D eigenvalue weighted by Gasteiger charge is -2.18. The van der Waals surface area contributed by atoms with Crippen LogP contribution in [0, 0.1) is 5.92 Å². The van der Waals surface area contributed by atoms with E-state index in [9.17, 15) is 5.11 Å². The van der Waals surface area contributed by atoms with Gasteiger partial charge in [-0.3, -0.25) is 4.29 Å². The predicted octanol–water partition coefficient (Wildman–Crippen LogP) is 2.34. The van der Waals surface area contributed by atoms with Crippen molar-refractivity contribution >= 4 is 11.9 Å². The third kappa shape index (κ3) is 4.62. The molecule has 3 heteroatoms. The Kier molecular flexibility index (Phi) is 7.02. The van der Waals surface area contributed by atoms with Crippen LogP contribution in [0.5, 0.6) is 0 Å². The number of aliphatic hydroxyl groups excluding tert-OH is 1. The van der Waals surface area contributed by atoms with Gasteiger partial charge < -0.3 is 5.11 Å². The van der Waals surface area contributed by atoms with Gasteiger partial charge in [-0.15, -0.1) is 0 Å². The smallest absolute Gasteiger partial charge is 0.0735 e. The van der Waals surface area contributed by atoms with Gasteiger partial charge in [-0.2, -0.15) is 0 Å². The fourth-order valence-corrected chi connectivity index (χ4v) is 1.28. The molecule has 0 fully saturated rings. The molecule has 0 heterocycles. The van der Waals surface area contributed by atoms with E-state index in [4.69, 9.17) is 11.9 Å². The molecular weight excluding hydrogens is 164 g/mol. The average molecular weight is 181 g/mol. The van der Waals surface area contributed by atoms with Crippen LogP contribution in [-0.4, -0.2) is 17.8 Å². The van der Waals surface area contributed by atoms with Crippen LogP contribution in [0.15, 0.2) is 0 Å². The van der Waals surface area contributed by atoms with E-state index < -0.39 is 0 Å². The monoisotopic (exact) mass is 180 g/mol. The van der Waals surface area contributed by atoms with Crippen molar-refractivity contribution in [3.8, 4) is 0 Å². The van der Waals surface area contributed by atoms with Gasteiger partial charge in [0, 0.05) is 5.92 Å². The second kappa shape index (κ2) is 6.89. The van der Waals surface area contributed by atoms with E-state index in [2.05, 4.69) is 11.2 Å². The molecule has 0 radical (unpaired) electrons. The topological polar surface area (TPSA) is 29.5 Å². The van der Waals surface area contributed by atoms with Crippen molar-refractivity contribution in [1.29, 1.82) is 0 Å². The van der Waals surface area contributed by atoms with Crippen LogP contribution >= 0.6 is 11.9 Å². The largest absolute Gasteiger partial charge is 0.393 e. The minimum Gasteiger partial charge on any atom is -0.393 e. The fraction of sp³-hybridized carbons (Fsp3) is 1.00. The maximum Gasteiger partial charge on any atom is 0.0735 e. The van der Waals surface area contributed by atoms with Crippen LogP contribution in [0.25, 0.3) is 0 Å². The normalized spacial score (nSPS) is 16.4. The van der Waals surface area contributed by atoms with Crippen molar-refractivity contribution in [3.63, 3.8) is 0 Å². The van der Waals surface area contributed by atoms with Crippen LogP contribution in [0.2, 0.25) is 0 Å². The summed E-state index contributed by atoms with van der Waals surface area (Å²) in [5.41, 5.74) is 0. The summed E-state index contributed by atoms with van der Waals surface area (Å²) in [5.74, 6) is 0.187. The third-order valence-electron chi connectivity index (χ3n) is 1.93. The summed E-state index contributed by atoms with van der Waals surface area (Å²) >= 11 is 5.11. The van der Waals surface area contributed by atoms with Crippen LogP contribution in [0.3, 0.4) is 0 Å². The first-order chi connectivity index (χ1) is 5.26. The zero-order valence-electron chi connectivity index (χ0n) is 7.22. The van der Waals surface area contributed by atoms with Crippen molar-refractivity contribution in [3.05, 3.63) is 0 Å². The van der Waals surface area contributed by atoms with E-state index in [-0.39, 0.29) is 12.0 Å². The van der Waals surface area contributed by atoms with E-state index in [1.807, 2.05) is 6.92 Å². The summed E-state index contributed by atoms with van der Waals surface area (Å²) < 4.78 is 4.47. The summed E-state index contributed by atoms with van der Waals surface area (Å²) in [6.45, 7) is 4.52. The second-order valence-corrected chi connectivity index (χ2v) is 3.02. The number of hydrogen-bond donors (Lipinski definition) is 1. The van der Waals surface area contributed by atoms with Gasteiger partial charge in [0.2, 0.25) is 0 Å². The van der Waals surface area contributed by atoms with Gasteiger partial charge >= 0.3 is 0 Å². The molecule has 0 aromatic rings. The molecule has 0 spiro atoms. The Hall–Kier alpha value is 0.210. The lowest BCUT2D eigenvalue weighted by atomic mass is 9.97. The van der Waals surface area contributed by atoms with Gasteiger partial charge in [0.1, 0.15) is 0 Å². The standard InChI is InChI=1S/C8H17ClO2/c1-3-5-8(10)7(4-2)6-11-9/h7-8,10H,3-6H2,1-2H3. The highest BCUT2D eigenvalue weighted by molar-refractivity contribution is 6.07. The minimum atomic E-state index is -0.260. The van der Waals surface area contributed by atoms with E-state index in [1.165, 1.54) is 0 Å². The summed E-state index contributed by atoms with van der Waals surface area (Å²) in [4.78, 5) is 0. The van der Waals surface area contributed by atoms with Gasteiger partial charge in [-0.1, -0.05) is 20.3 Å². The van der Waals surface area contributed by atoms with E-state index in [1.54, 1.807) is 0 Å². The quantitative estimate of drug-likeness (QED) is 0.680. The lowest BCUT2D eigenvalue weighted by Crippen LogP contribution is -2.23. The Bertz CT molecular complexity index is 88.2. The van der Waals surface area contributed by atoms with Crippen LogP contribution in [-0.2, 0) is 4.29 Å². The van der Waals surface area contributed by atoms with Gasteiger partial charge in [-0.05, 0) is 12.8 Å². The number of halogens is 1. The maximum atomic E-state index is 9.50. The molecule has 0 amide bonds. The van der Waals surface area contributed by atoms with Crippen LogP contribution in [0.1, 0.15) is 33.1 Å². The highest BCUT2D eigenvalue weighted by atomic mass is 35.5. The van der Waals surface area contributed by atoms with Crippen molar-refractivity contribution < 1.29 is 9.40 Å². The summed E-state index contributed by atoms with van der Waals surface area (Å²) in [7, 11) is 0. The second-order valence-electron chi connectivity index (χ2n) is 2.80. The molecule has 0 aliphatic heterocycles. The highest BCUT2D eigenvalue weighted by Crippen LogP contribution is 2.14. The zero-order valence-corrected chi connectivity index (χ0v) is 7.97. The molecule has 0 saturated heterocycles. The van der Waals surface area contributed by atoms with Crippen molar-refractivity contribution in [2.45, 2.75) is 39.2 Å². The molecule has 0 rings (SSSR count). The third-order valence-corrected chi connectivity index (χ3v) is 2.06. The molecule has 2 nitrogen and oxygen atoms in total. The molecule has 0 aromatic carbocycles. The minimum absolute atomic E-state index is 0.187. The SMILES string of the molecule is CCCC(O)C(CC)COCl. The Morgan fingerprint density at radius 3 is 2.45 bits per heavy atom. The molecular formula is C8H17ClO2. The summed E-state index contributed by atoms with van der Waals surface area (Å²) in [6.07, 6.45) is 2.48. The maximum absolute atomic E-state index is 9.50. The first-order valence-corrected chi connectivity index (χ1v) is 4.48. The first-order valence-electron chi connectivity index (χ1n) is 4.17. The predicted molar refractivity (Wildman–Crippen MR) is 46.5 cm³/mol. The molecule has 11 heavy (non-hydrogen) atoms. The van der Waals surface area contributed by atoms with Crippen molar-refractivity contribution in [1.82, 2.24) is 0 Å². The van der Waals surface area contributed by atoms with Gasteiger partial charge in [-0.25, -0.2) is 0 Å². The van der Waals surface area contributed by atoms with Gasteiger partial charge in [0.15, 0.2) is 0 Å². The zero-order chi connectivity index (χ0) is 8.69. The molecule has 0 aliphatic rings. The summed E-state index contributed by atoms with van der Waals surface area (Å²) in [6, 6.07) is 0. The molecule has 0 aliphatic carbocycles. The molecule has 68 valence electrons. The average Bonchev–Trinajstić information content (AvgIpc) is 2.00.